The van der Waals surface area contributed by atoms with Crippen LogP contribution in [0.2, 0.25) is 20.1 Å². The Labute approximate surface area is 275 Å². The minimum absolute atomic E-state index is 0.156. The fourth-order valence-corrected chi connectivity index (χ4v) is 5.69. The van der Waals surface area contributed by atoms with Gasteiger partial charge in [-0.15, -0.1) is 0 Å². The fraction of sp³-hybridized carbons (Fsp3) is 0.267. The lowest BCUT2D eigenvalue weighted by Crippen LogP contribution is -2.58. The van der Waals surface area contributed by atoms with Crippen molar-refractivity contribution in [2.45, 2.75) is 44.8 Å². The number of urea groups is 2. The molecule has 1 aliphatic heterocycles. The minimum Gasteiger partial charge on any atom is -0.315 e. The first-order chi connectivity index (χ1) is 20.9. The number of rotatable bonds is 10. The van der Waals surface area contributed by atoms with E-state index < -0.39 is 23.8 Å². The maximum Gasteiger partial charge on any atom is 0.347 e. The quantitative estimate of drug-likeness (QED) is 0.0874. The van der Waals surface area contributed by atoms with Crippen molar-refractivity contribution < 1.29 is 19.6 Å². The highest BCUT2D eigenvalue weighted by Crippen LogP contribution is 2.39. The molecule has 1 unspecified atom stereocenters. The molecule has 1 atom stereocenters. The number of benzene rings is 3. The highest BCUT2D eigenvalue weighted by Gasteiger charge is 2.55. The highest BCUT2D eigenvalue weighted by molar-refractivity contribution is 6.36. The molecule has 0 saturated carbocycles. The van der Waals surface area contributed by atoms with Crippen LogP contribution < -0.4 is 15.6 Å². The Morgan fingerprint density at radius 2 is 1.66 bits per heavy atom. The fourth-order valence-electron chi connectivity index (χ4n) is 4.86. The van der Waals surface area contributed by atoms with Crippen molar-refractivity contribution in [1.82, 2.24) is 15.4 Å². The SMILES string of the molecule is CC1(C)C(N(O)C(=O)Nc2cccc(Cl)c2)N(c2cccc(Cl)c2)C(=O)N1CCCCC(=O)N/N=C/c1ccc(Cl)cc1Cl. The summed E-state index contributed by atoms with van der Waals surface area (Å²) in [6.07, 6.45) is 1.36. The van der Waals surface area contributed by atoms with Gasteiger partial charge in [-0.3, -0.25) is 14.9 Å². The Bertz CT molecular complexity index is 1570. The molecule has 0 spiro atoms. The van der Waals surface area contributed by atoms with Crippen LogP contribution in [-0.4, -0.2) is 57.6 Å². The van der Waals surface area contributed by atoms with Gasteiger partial charge in [-0.2, -0.15) is 10.2 Å². The summed E-state index contributed by atoms with van der Waals surface area (Å²) in [5.74, 6) is -0.309. The van der Waals surface area contributed by atoms with Gasteiger partial charge >= 0.3 is 12.1 Å². The zero-order valence-electron chi connectivity index (χ0n) is 23.8. The summed E-state index contributed by atoms with van der Waals surface area (Å²) in [5.41, 5.74) is 2.77. The monoisotopic (exact) mass is 678 g/mol. The molecule has 3 aromatic carbocycles. The van der Waals surface area contributed by atoms with Crippen molar-refractivity contribution >= 4 is 82.0 Å². The summed E-state index contributed by atoms with van der Waals surface area (Å²) in [5, 5.41) is 19.9. The van der Waals surface area contributed by atoms with Crippen LogP contribution in [0.15, 0.2) is 71.8 Å². The number of unbranched alkanes of at least 4 members (excludes halogenated alkanes) is 1. The second kappa shape index (κ2) is 14.5. The van der Waals surface area contributed by atoms with Gasteiger partial charge in [-0.1, -0.05) is 64.6 Å². The zero-order valence-corrected chi connectivity index (χ0v) is 26.8. The molecule has 4 rings (SSSR count). The molecule has 1 heterocycles. The third-order valence-corrected chi connectivity index (χ3v) is 8.03. The first-order valence-corrected chi connectivity index (χ1v) is 15.1. The molecule has 1 fully saturated rings. The van der Waals surface area contributed by atoms with E-state index in [1.165, 1.54) is 17.2 Å². The van der Waals surface area contributed by atoms with Gasteiger partial charge in [0.15, 0.2) is 6.17 Å². The van der Waals surface area contributed by atoms with Crippen LogP contribution in [-0.2, 0) is 4.79 Å². The summed E-state index contributed by atoms with van der Waals surface area (Å²) in [6.45, 7) is 3.75. The minimum atomic E-state index is -1.13. The first-order valence-electron chi connectivity index (χ1n) is 13.6. The number of amides is 5. The van der Waals surface area contributed by atoms with Crippen molar-refractivity contribution in [3.8, 4) is 0 Å². The van der Waals surface area contributed by atoms with E-state index >= 15 is 0 Å². The molecule has 0 radical (unpaired) electrons. The van der Waals surface area contributed by atoms with Crippen molar-refractivity contribution in [3.63, 3.8) is 0 Å². The van der Waals surface area contributed by atoms with Crippen molar-refractivity contribution in [2.75, 3.05) is 16.8 Å². The van der Waals surface area contributed by atoms with Crippen LogP contribution in [0.4, 0.5) is 21.0 Å². The van der Waals surface area contributed by atoms with Crippen LogP contribution in [0, 0.1) is 0 Å². The molecule has 3 N–H and O–H groups in total. The van der Waals surface area contributed by atoms with Crippen LogP contribution in [0.5, 0.6) is 0 Å². The number of hydrogen-bond donors (Lipinski definition) is 3. The molecule has 0 bridgehead atoms. The normalized spacial score (nSPS) is 16.0. The molecule has 1 saturated heterocycles. The first kappa shape index (κ1) is 33.4. The van der Waals surface area contributed by atoms with Crippen LogP contribution >= 0.6 is 46.4 Å². The van der Waals surface area contributed by atoms with E-state index in [2.05, 4.69) is 15.8 Å². The maximum atomic E-state index is 13.8. The number of carbonyl (C=O) groups is 3. The number of carbonyl (C=O) groups excluding carboxylic acids is 3. The lowest BCUT2D eigenvalue weighted by atomic mass is 9.99. The predicted molar refractivity (Wildman–Crippen MR) is 174 cm³/mol. The lowest BCUT2D eigenvalue weighted by molar-refractivity contribution is -0.121. The largest absolute Gasteiger partial charge is 0.347 e. The average Bonchev–Trinajstić information content (AvgIpc) is 3.16. The Morgan fingerprint density at radius 1 is 0.977 bits per heavy atom. The van der Waals surface area contributed by atoms with Crippen molar-refractivity contribution in [1.29, 1.82) is 0 Å². The van der Waals surface area contributed by atoms with Crippen molar-refractivity contribution in [2.24, 2.45) is 5.10 Å². The average molecular weight is 680 g/mol. The van der Waals surface area contributed by atoms with Gasteiger partial charge in [-0.25, -0.2) is 15.0 Å². The van der Waals surface area contributed by atoms with Gasteiger partial charge in [0, 0.05) is 45.0 Å². The zero-order chi connectivity index (χ0) is 32.0. The lowest BCUT2D eigenvalue weighted by Gasteiger charge is -2.38. The number of nitrogens with one attached hydrogen (secondary N) is 2. The van der Waals surface area contributed by atoms with Gasteiger partial charge in [0.25, 0.3) is 0 Å². The standard InChI is InChI=1S/C30H30Cl4N6O4/c1-30(2)27(40(44)28(42)36-23-9-5-7-20(31)15-23)39(24-10-6-8-21(32)16-24)29(43)38(30)14-4-3-11-26(41)37-35-18-19-12-13-22(33)17-25(19)34/h5-10,12-13,15-18,27,44H,3-4,11,14H2,1-2H3,(H,36,42)(H,37,41)/b35-18+. The van der Waals surface area contributed by atoms with E-state index in [4.69, 9.17) is 46.4 Å². The van der Waals surface area contributed by atoms with E-state index in [-0.39, 0.29) is 18.9 Å². The molecule has 14 heteroatoms. The van der Waals surface area contributed by atoms with Gasteiger partial charge < -0.3 is 10.2 Å². The second-order valence-corrected chi connectivity index (χ2v) is 12.2. The van der Waals surface area contributed by atoms with Gasteiger partial charge in [-0.05, 0) is 75.2 Å². The maximum absolute atomic E-state index is 13.8. The topological polar surface area (TPSA) is 118 Å². The molecular formula is C30H30Cl4N6O4. The Morgan fingerprint density at radius 3 is 2.34 bits per heavy atom. The molecule has 0 aliphatic carbocycles. The Kier molecular flexibility index (Phi) is 11.0. The molecule has 232 valence electrons. The Balaban J connectivity index is 1.43. The van der Waals surface area contributed by atoms with Crippen LogP contribution in [0.3, 0.4) is 0 Å². The van der Waals surface area contributed by atoms with E-state index in [0.717, 1.165) is 0 Å². The van der Waals surface area contributed by atoms with Crippen LogP contribution in [0.1, 0.15) is 38.7 Å². The number of hydrazone groups is 1. The summed E-state index contributed by atoms with van der Waals surface area (Å²) >= 11 is 24.3. The number of hydrogen-bond acceptors (Lipinski definition) is 5. The Hall–Kier alpha value is -3.54. The summed E-state index contributed by atoms with van der Waals surface area (Å²) < 4.78 is 0. The highest BCUT2D eigenvalue weighted by atomic mass is 35.5. The number of nitrogens with zero attached hydrogens (tertiary/aromatic N) is 4. The third-order valence-electron chi connectivity index (χ3n) is 7.00. The van der Waals surface area contributed by atoms with Gasteiger partial charge in [0.2, 0.25) is 5.91 Å². The molecular weight excluding hydrogens is 650 g/mol. The van der Waals surface area contributed by atoms with E-state index in [9.17, 15) is 19.6 Å². The smallest absolute Gasteiger partial charge is 0.315 e. The van der Waals surface area contributed by atoms with Gasteiger partial charge in [0.1, 0.15) is 0 Å². The molecule has 1 aliphatic rings. The molecule has 5 amide bonds. The van der Waals surface area contributed by atoms with Crippen molar-refractivity contribution in [3.05, 3.63) is 92.4 Å². The summed E-state index contributed by atoms with van der Waals surface area (Å²) in [4.78, 5) is 42.2. The number of hydroxylamine groups is 2. The van der Waals surface area contributed by atoms with E-state index in [1.807, 2.05) is 0 Å². The number of anilines is 2. The molecule has 0 aromatic heterocycles. The molecule has 10 nitrogen and oxygen atoms in total. The van der Waals surface area contributed by atoms with E-state index in [1.54, 1.807) is 79.4 Å². The predicted octanol–water partition coefficient (Wildman–Crippen LogP) is 7.89. The van der Waals surface area contributed by atoms with Crippen LogP contribution in [0.25, 0.3) is 0 Å². The molecule has 44 heavy (non-hydrogen) atoms. The summed E-state index contributed by atoms with van der Waals surface area (Å²) in [6, 6.07) is 16.7. The summed E-state index contributed by atoms with van der Waals surface area (Å²) in [7, 11) is 0. The molecule has 3 aromatic rings. The van der Waals surface area contributed by atoms with Gasteiger partial charge in [0.05, 0.1) is 16.8 Å². The second-order valence-electron chi connectivity index (χ2n) is 10.5. The number of halogens is 4. The van der Waals surface area contributed by atoms with E-state index in [0.29, 0.717) is 54.9 Å². The third kappa shape index (κ3) is 7.94.